The van der Waals surface area contributed by atoms with Crippen LogP contribution in [0.15, 0.2) is 69.0 Å². The quantitative estimate of drug-likeness (QED) is 0.0575. The first-order valence-electron chi connectivity index (χ1n) is 20.5. The van der Waals surface area contributed by atoms with Gasteiger partial charge in [-0.3, -0.25) is 0 Å². The van der Waals surface area contributed by atoms with E-state index < -0.39 is 0 Å². The first-order valence-corrected chi connectivity index (χ1v) is 20.5. The SMILES string of the molecule is CCOC(=O)C(=CCC1CCCC(OCc2nc(-c3cccc(OC)c3)oc2C)C1)CC.COc1cccc(-c2nc(COC3CCCC(CC=O)C3)c(C)o2)c1. The second-order valence-corrected chi connectivity index (χ2v) is 14.9. The molecular weight excluding hydrogens is 725 g/mol. The highest BCUT2D eigenvalue weighted by Gasteiger charge is 2.25. The Hall–Kier alpha value is -4.74. The number of rotatable bonds is 17. The van der Waals surface area contributed by atoms with Crippen molar-refractivity contribution in [2.24, 2.45) is 11.8 Å². The average molecular weight is 785 g/mol. The number of hydrogen-bond acceptors (Lipinski definition) is 11. The van der Waals surface area contributed by atoms with Gasteiger partial charge in [0, 0.05) is 23.1 Å². The number of oxazole rings is 2. The third-order valence-corrected chi connectivity index (χ3v) is 10.8. The number of benzene rings is 2. The molecular formula is C46H60N2O9. The lowest BCUT2D eigenvalue weighted by molar-refractivity contribution is -0.138. The zero-order chi connectivity index (χ0) is 40.6. The fourth-order valence-electron chi connectivity index (χ4n) is 7.53. The number of aryl methyl sites for hydroxylation is 2. The minimum Gasteiger partial charge on any atom is -0.497 e. The molecule has 6 rings (SSSR count). The number of carbonyl (C=O) groups is 2. The van der Waals surface area contributed by atoms with Crippen molar-refractivity contribution in [2.75, 3.05) is 20.8 Å². The molecule has 0 saturated heterocycles. The second kappa shape index (κ2) is 22.3. The smallest absolute Gasteiger partial charge is 0.333 e. The van der Waals surface area contributed by atoms with Gasteiger partial charge in [0.05, 0.1) is 46.2 Å². The monoisotopic (exact) mass is 784 g/mol. The third-order valence-electron chi connectivity index (χ3n) is 10.8. The molecule has 0 amide bonds. The van der Waals surface area contributed by atoms with Gasteiger partial charge in [0.1, 0.15) is 40.7 Å². The molecule has 2 aromatic carbocycles. The highest BCUT2D eigenvalue weighted by molar-refractivity contribution is 5.88. The maximum atomic E-state index is 12.0. The van der Waals surface area contributed by atoms with Crippen LogP contribution < -0.4 is 9.47 Å². The Labute approximate surface area is 337 Å². The second-order valence-electron chi connectivity index (χ2n) is 14.9. The van der Waals surface area contributed by atoms with Gasteiger partial charge in [-0.25, -0.2) is 14.8 Å². The first-order chi connectivity index (χ1) is 27.7. The Morgan fingerprint density at radius 2 is 1.26 bits per heavy atom. The Morgan fingerprint density at radius 3 is 1.72 bits per heavy atom. The van der Waals surface area contributed by atoms with Crippen LogP contribution in [0.4, 0.5) is 0 Å². The van der Waals surface area contributed by atoms with Gasteiger partial charge in [0.25, 0.3) is 0 Å². The molecule has 2 aliphatic rings. The standard InChI is InChI=1S/C26H35NO5.C20H25NO4/c1-5-20(26(28)30-6-2)14-13-19-9-7-12-23(15-19)31-17-24-18(3)32-25(27-24)21-10-8-11-22(16-21)29-4;1-14-19(13-24-18-8-3-5-15(11-18)9-10-22)21-20(25-14)16-6-4-7-17(12-16)23-2/h8,10-11,14,16,19,23H,5-7,9,12-13,15,17H2,1-4H3;4,6-7,10,12,15,18H,3,5,8-9,11,13H2,1-2H3. The highest BCUT2D eigenvalue weighted by Crippen LogP contribution is 2.32. The van der Waals surface area contributed by atoms with Crippen LogP contribution in [0.5, 0.6) is 11.5 Å². The van der Waals surface area contributed by atoms with E-state index in [1.54, 1.807) is 14.2 Å². The molecule has 2 aromatic heterocycles. The largest absolute Gasteiger partial charge is 0.497 e. The molecule has 57 heavy (non-hydrogen) atoms. The number of ether oxygens (including phenoxy) is 5. The van der Waals surface area contributed by atoms with Gasteiger partial charge in [-0.15, -0.1) is 0 Å². The Balaban J connectivity index is 0.000000224. The fourth-order valence-corrected chi connectivity index (χ4v) is 7.53. The summed E-state index contributed by atoms with van der Waals surface area (Å²) in [6.07, 6.45) is 14.3. The Kier molecular flexibility index (Phi) is 16.9. The van der Waals surface area contributed by atoms with E-state index in [-0.39, 0.29) is 18.2 Å². The molecule has 4 atom stereocenters. The van der Waals surface area contributed by atoms with Crippen molar-refractivity contribution >= 4 is 12.3 Å². The van der Waals surface area contributed by atoms with Crippen LogP contribution in [-0.2, 0) is 37.0 Å². The molecule has 0 radical (unpaired) electrons. The molecule has 11 heteroatoms. The molecule has 308 valence electrons. The van der Waals surface area contributed by atoms with Crippen LogP contribution in [0.2, 0.25) is 0 Å². The van der Waals surface area contributed by atoms with Gasteiger partial charge >= 0.3 is 5.97 Å². The third kappa shape index (κ3) is 12.9. The zero-order valence-corrected chi connectivity index (χ0v) is 34.6. The molecule has 0 aliphatic heterocycles. The van der Waals surface area contributed by atoms with E-state index in [2.05, 4.69) is 16.0 Å². The lowest BCUT2D eigenvalue weighted by atomic mass is 9.84. The van der Waals surface area contributed by atoms with Crippen LogP contribution in [0, 0.1) is 25.7 Å². The van der Waals surface area contributed by atoms with Gasteiger partial charge < -0.3 is 37.3 Å². The maximum Gasteiger partial charge on any atom is 0.333 e. The fraction of sp³-hybridized carbons (Fsp3) is 0.522. The van der Waals surface area contributed by atoms with E-state index in [1.165, 1.54) is 6.42 Å². The van der Waals surface area contributed by atoms with Crippen molar-refractivity contribution in [2.45, 2.75) is 124 Å². The van der Waals surface area contributed by atoms with Crippen molar-refractivity contribution in [3.05, 3.63) is 83.1 Å². The van der Waals surface area contributed by atoms with Crippen LogP contribution in [-0.4, -0.2) is 55.3 Å². The van der Waals surface area contributed by atoms with Crippen molar-refractivity contribution in [1.29, 1.82) is 0 Å². The molecule has 2 heterocycles. The van der Waals surface area contributed by atoms with E-state index in [9.17, 15) is 9.59 Å². The molecule has 0 spiro atoms. The minimum absolute atomic E-state index is 0.188. The summed E-state index contributed by atoms with van der Waals surface area (Å²) in [4.78, 5) is 32.0. The Bertz CT molecular complexity index is 1900. The van der Waals surface area contributed by atoms with Crippen molar-refractivity contribution < 1.29 is 42.1 Å². The summed E-state index contributed by atoms with van der Waals surface area (Å²) < 4.78 is 39.7. The van der Waals surface area contributed by atoms with Gasteiger partial charge in [-0.1, -0.05) is 38.0 Å². The van der Waals surface area contributed by atoms with E-state index >= 15 is 0 Å². The van der Waals surface area contributed by atoms with Gasteiger partial charge in [0.2, 0.25) is 11.8 Å². The van der Waals surface area contributed by atoms with Crippen molar-refractivity contribution in [1.82, 2.24) is 9.97 Å². The number of aromatic nitrogens is 2. The van der Waals surface area contributed by atoms with E-state index in [4.69, 9.17) is 32.5 Å². The number of allylic oxidation sites excluding steroid dienone is 1. The number of aldehydes is 1. The van der Waals surface area contributed by atoms with Crippen molar-refractivity contribution in [3.63, 3.8) is 0 Å². The molecule has 0 bridgehead atoms. The number of esters is 1. The van der Waals surface area contributed by atoms with Crippen LogP contribution in [0.25, 0.3) is 22.9 Å². The van der Waals surface area contributed by atoms with E-state index in [0.29, 0.717) is 56.3 Å². The molecule has 2 aliphatic carbocycles. The number of methoxy groups -OCH3 is 2. The summed E-state index contributed by atoms with van der Waals surface area (Å²) in [6, 6.07) is 15.3. The number of hydrogen-bond donors (Lipinski definition) is 0. The van der Waals surface area contributed by atoms with Crippen LogP contribution in [0.1, 0.15) is 107 Å². The average Bonchev–Trinajstić information content (AvgIpc) is 3.81. The van der Waals surface area contributed by atoms with E-state index in [0.717, 1.165) is 109 Å². The molecule has 11 nitrogen and oxygen atoms in total. The molecule has 2 fully saturated rings. The zero-order valence-electron chi connectivity index (χ0n) is 34.6. The lowest BCUT2D eigenvalue weighted by Gasteiger charge is -2.28. The van der Waals surface area contributed by atoms with Crippen LogP contribution >= 0.6 is 0 Å². The number of nitrogens with zero attached hydrogens (tertiary/aromatic N) is 2. The minimum atomic E-state index is -0.188. The number of carbonyl (C=O) groups excluding carboxylic acids is 2. The summed E-state index contributed by atoms with van der Waals surface area (Å²) in [5.74, 6) is 5.06. The van der Waals surface area contributed by atoms with E-state index in [1.807, 2.05) is 76.2 Å². The van der Waals surface area contributed by atoms with Gasteiger partial charge in [-0.05, 0) is 120 Å². The molecule has 4 unspecified atom stereocenters. The topological polar surface area (TPSA) is 132 Å². The molecule has 2 saturated carbocycles. The highest BCUT2D eigenvalue weighted by atomic mass is 16.5. The summed E-state index contributed by atoms with van der Waals surface area (Å²) in [5.41, 5.74) is 4.21. The Morgan fingerprint density at radius 1 is 0.754 bits per heavy atom. The van der Waals surface area contributed by atoms with Gasteiger partial charge in [0.15, 0.2) is 0 Å². The predicted molar refractivity (Wildman–Crippen MR) is 218 cm³/mol. The summed E-state index contributed by atoms with van der Waals surface area (Å²) >= 11 is 0. The van der Waals surface area contributed by atoms with Gasteiger partial charge in [-0.2, -0.15) is 0 Å². The lowest BCUT2D eigenvalue weighted by Crippen LogP contribution is -2.23. The predicted octanol–water partition coefficient (Wildman–Crippen LogP) is 10.3. The van der Waals surface area contributed by atoms with Crippen LogP contribution in [0.3, 0.4) is 0 Å². The normalized spacial score (nSPS) is 19.6. The molecule has 0 N–H and O–H groups in total. The summed E-state index contributed by atoms with van der Waals surface area (Å²) in [7, 11) is 3.29. The molecule has 4 aromatic rings. The summed E-state index contributed by atoms with van der Waals surface area (Å²) in [6.45, 7) is 8.96. The van der Waals surface area contributed by atoms with Crippen molar-refractivity contribution in [3.8, 4) is 34.4 Å². The maximum absolute atomic E-state index is 12.0. The first kappa shape index (κ1) is 43.4. The summed E-state index contributed by atoms with van der Waals surface area (Å²) in [5, 5.41) is 0.